The number of benzene rings is 2. The van der Waals surface area contributed by atoms with Crippen molar-refractivity contribution in [2.75, 3.05) is 13.2 Å². The first-order valence-electron chi connectivity index (χ1n) is 9.13. The second kappa shape index (κ2) is 13.6. The predicted molar refractivity (Wildman–Crippen MR) is 103 cm³/mol. The van der Waals surface area contributed by atoms with Gasteiger partial charge in [0.2, 0.25) is 0 Å². The Balaban J connectivity index is 0.000000765. The van der Waals surface area contributed by atoms with Crippen molar-refractivity contribution in [3.05, 3.63) is 71.8 Å². The number of hydrogen-bond donors (Lipinski definition) is 0. The van der Waals surface area contributed by atoms with E-state index in [1.807, 2.05) is 12.1 Å². The van der Waals surface area contributed by atoms with Crippen molar-refractivity contribution in [2.45, 2.75) is 39.5 Å². The molecule has 0 saturated carbocycles. The van der Waals surface area contributed by atoms with Crippen molar-refractivity contribution >= 4 is 11.9 Å². The lowest BCUT2D eigenvalue weighted by Gasteiger charge is -2.06. The molecule has 0 saturated heterocycles. The molecule has 0 aliphatic rings. The van der Waals surface area contributed by atoms with Crippen LogP contribution in [0.3, 0.4) is 0 Å². The van der Waals surface area contributed by atoms with Crippen LogP contribution in [0.2, 0.25) is 0 Å². The molecule has 0 aromatic heterocycles. The van der Waals surface area contributed by atoms with Crippen LogP contribution in [0.15, 0.2) is 60.7 Å². The van der Waals surface area contributed by atoms with Crippen LogP contribution in [0.1, 0.15) is 60.2 Å². The van der Waals surface area contributed by atoms with Gasteiger partial charge in [0.15, 0.2) is 0 Å². The number of carbonyl (C=O) groups is 2. The van der Waals surface area contributed by atoms with E-state index in [0.717, 1.165) is 0 Å². The maximum Gasteiger partial charge on any atom is 0.338 e. The Bertz CT molecular complexity index is 566. The molecule has 0 N–H and O–H groups in total. The molecule has 4 nitrogen and oxygen atoms in total. The monoisotopic (exact) mass is 356 g/mol. The number of carbonyl (C=O) groups excluding carboxylic acids is 2. The fourth-order valence-electron chi connectivity index (χ4n) is 1.85. The highest BCUT2D eigenvalue weighted by Gasteiger charge is 2.07. The number of esters is 2. The number of ether oxygens (including phenoxy) is 2. The van der Waals surface area contributed by atoms with E-state index in [2.05, 4.69) is 13.8 Å². The summed E-state index contributed by atoms with van der Waals surface area (Å²) in [6.45, 7) is 4.99. The van der Waals surface area contributed by atoms with Crippen molar-refractivity contribution in [3.63, 3.8) is 0 Å². The van der Waals surface area contributed by atoms with E-state index in [1.165, 1.54) is 12.8 Å². The fraction of sp³-hybridized carbons (Fsp3) is 0.364. The summed E-state index contributed by atoms with van der Waals surface area (Å²) in [6, 6.07) is 17.7. The largest absolute Gasteiger partial charge is 0.462 e. The van der Waals surface area contributed by atoms with Gasteiger partial charge in [-0.3, -0.25) is 0 Å². The smallest absolute Gasteiger partial charge is 0.338 e. The minimum atomic E-state index is -0.332. The van der Waals surface area contributed by atoms with E-state index in [-0.39, 0.29) is 11.9 Å². The van der Waals surface area contributed by atoms with Crippen LogP contribution < -0.4 is 0 Å². The first-order valence-corrected chi connectivity index (χ1v) is 9.13. The second-order valence-electron chi connectivity index (χ2n) is 5.71. The average molecular weight is 356 g/mol. The van der Waals surface area contributed by atoms with Crippen LogP contribution in [-0.4, -0.2) is 25.2 Å². The molecule has 2 aromatic rings. The Morgan fingerprint density at radius 2 is 1.00 bits per heavy atom. The molecule has 140 valence electrons. The third-order valence-corrected chi connectivity index (χ3v) is 3.52. The van der Waals surface area contributed by atoms with E-state index in [1.54, 1.807) is 48.5 Å². The second-order valence-corrected chi connectivity index (χ2v) is 5.71. The minimum Gasteiger partial charge on any atom is -0.462 e. The average Bonchev–Trinajstić information content (AvgIpc) is 2.71. The van der Waals surface area contributed by atoms with Crippen molar-refractivity contribution in [2.24, 2.45) is 0 Å². The molecule has 0 radical (unpaired) electrons. The van der Waals surface area contributed by atoms with Crippen LogP contribution in [0.5, 0.6) is 0 Å². The summed E-state index contributed by atoms with van der Waals surface area (Å²) in [6.07, 6.45) is 3.95. The van der Waals surface area contributed by atoms with Crippen LogP contribution in [-0.2, 0) is 9.47 Å². The van der Waals surface area contributed by atoms with Crippen molar-refractivity contribution in [1.82, 2.24) is 0 Å². The Morgan fingerprint density at radius 3 is 1.31 bits per heavy atom. The molecule has 0 heterocycles. The first kappa shape index (κ1) is 21.4. The van der Waals surface area contributed by atoms with Crippen LogP contribution in [0, 0.1) is 0 Å². The third-order valence-electron chi connectivity index (χ3n) is 3.52. The standard InChI is InChI=1S/C18H18O4.C4H10/c19-17(15-9-3-1-4-10-15)21-13-7-8-14-22-18(20)16-11-5-2-6-12-16;1-3-4-2/h1-6,9-12H,7-8,13-14H2;3-4H2,1-2H3. The van der Waals surface area contributed by atoms with Gasteiger partial charge in [0.25, 0.3) is 0 Å². The molecule has 0 aliphatic heterocycles. The normalized spacial score (nSPS) is 9.62. The molecular weight excluding hydrogens is 328 g/mol. The van der Waals surface area contributed by atoms with Gasteiger partial charge in [-0.25, -0.2) is 9.59 Å². The van der Waals surface area contributed by atoms with E-state index < -0.39 is 0 Å². The van der Waals surface area contributed by atoms with Crippen molar-refractivity contribution in [1.29, 1.82) is 0 Å². The quantitative estimate of drug-likeness (QED) is 0.476. The predicted octanol–water partition coefficient (Wildman–Crippen LogP) is 5.29. The lowest BCUT2D eigenvalue weighted by Crippen LogP contribution is -2.09. The van der Waals surface area contributed by atoms with Gasteiger partial charge in [0.05, 0.1) is 24.3 Å². The topological polar surface area (TPSA) is 52.6 Å². The highest BCUT2D eigenvalue weighted by atomic mass is 16.5. The summed E-state index contributed by atoms with van der Waals surface area (Å²) >= 11 is 0. The van der Waals surface area contributed by atoms with Gasteiger partial charge in [-0.2, -0.15) is 0 Å². The molecule has 4 heteroatoms. The summed E-state index contributed by atoms with van der Waals surface area (Å²) in [4.78, 5) is 23.3. The van der Waals surface area contributed by atoms with Crippen LogP contribution in [0.4, 0.5) is 0 Å². The van der Waals surface area contributed by atoms with E-state index in [9.17, 15) is 9.59 Å². The zero-order valence-corrected chi connectivity index (χ0v) is 15.6. The maximum absolute atomic E-state index is 11.7. The van der Waals surface area contributed by atoms with E-state index in [4.69, 9.17) is 9.47 Å². The molecular formula is C22H28O4. The maximum atomic E-state index is 11.7. The molecule has 0 amide bonds. The highest BCUT2D eigenvalue weighted by molar-refractivity contribution is 5.89. The summed E-state index contributed by atoms with van der Waals surface area (Å²) in [5.74, 6) is -0.663. The van der Waals surface area contributed by atoms with Gasteiger partial charge in [0, 0.05) is 0 Å². The summed E-state index contributed by atoms with van der Waals surface area (Å²) in [5.41, 5.74) is 1.08. The fourth-order valence-corrected chi connectivity index (χ4v) is 1.85. The van der Waals surface area contributed by atoms with Gasteiger partial charge < -0.3 is 9.47 Å². The molecule has 0 spiro atoms. The van der Waals surface area contributed by atoms with Crippen molar-refractivity contribution < 1.29 is 19.1 Å². The Morgan fingerprint density at radius 1 is 0.654 bits per heavy atom. The lowest BCUT2D eigenvalue weighted by atomic mass is 10.2. The molecule has 0 atom stereocenters. The molecule has 0 fully saturated rings. The Hall–Kier alpha value is -2.62. The molecule has 0 aliphatic carbocycles. The Labute approximate surface area is 156 Å². The minimum absolute atomic E-state index is 0.316. The lowest BCUT2D eigenvalue weighted by molar-refractivity contribution is 0.0432. The molecule has 26 heavy (non-hydrogen) atoms. The highest BCUT2D eigenvalue weighted by Crippen LogP contribution is 2.04. The number of rotatable bonds is 8. The van der Waals surface area contributed by atoms with Gasteiger partial charge in [0.1, 0.15) is 0 Å². The zero-order valence-electron chi connectivity index (χ0n) is 15.6. The van der Waals surface area contributed by atoms with E-state index in [0.29, 0.717) is 37.2 Å². The number of unbranched alkanes of at least 4 members (excludes halogenated alkanes) is 2. The van der Waals surface area contributed by atoms with Gasteiger partial charge in [-0.15, -0.1) is 0 Å². The van der Waals surface area contributed by atoms with Gasteiger partial charge in [-0.1, -0.05) is 63.1 Å². The molecule has 2 aromatic carbocycles. The van der Waals surface area contributed by atoms with Crippen LogP contribution >= 0.6 is 0 Å². The number of hydrogen-bond acceptors (Lipinski definition) is 4. The third kappa shape index (κ3) is 9.02. The SMILES string of the molecule is CCCC.O=C(OCCCCOC(=O)c1ccccc1)c1ccccc1. The zero-order chi connectivity index (χ0) is 19.0. The van der Waals surface area contributed by atoms with Gasteiger partial charge >= 0.3 is 11.9 Å². The molecule has 2 rings (SSSR count). The molecule has 0 bridgehead atoms. The summed E-state index contributed by atoms with van der Waals surface area (Å²) in [5, 5.41) is 0. The van der Waals surface area contributed by atoms with Crippen molar-refractivity contribution in [3.8, 4) is 0 Å². The summed E-state index contributed by atoms with van der Waals surface area (Å²) < 4.78 is 10.3. The molecule has 0 unspecified atom stereocenters. The van der Waals surface area contributed by atoms with Gasteiger partial charge in [-0.05, 0) is 37.1 Å². The van der Waals surface area contributed by atoms with Crippen LogP contribution in [0.25, 0.3) is 0 Å². The first-order chi connectivity index (χ1) is 12.7. The Kier molecular flexibility index (Phi) is 11.2. The summed E-state index contributed by atoms with van der Waals surface area (Å²) in [7, 11) is 0. The van der Waals surface area contributed by atoms with E-state index >= 15 is 0 Å².